The molecular weight excluding hydrogens is 628 g/mol. The van der Waals surface area contributed by atoms with Crippen LogP contribution < -0.4 is 10.0 Å². The summed E-state index contributed by atoms with van der Waals surface area (Å²) in [4.78, 5) is 18.5. The Hall–Kier alpha value is -2.73. The molecule has 0 saturated heterocycles. The Kier molecular flexibility index (Phi) is 9.51. The van der Waals surface area contributed by atoms with Crippen molar-refractivity contribution < 1.29 is 28.2 Å². The quantitative estimate of drug-likeness (QED) is 0.278. The number of rotatable bonds is 5. The van der Waals surface area contributed by atoms with Gasteiger partial charge in [0.15, 0.2) is 0 Å². The second-order valence-corrected chi connectivity index (χ2v) is 11.9. The molecule has 196 valence electrons. The maximum atomic E-state index is 12.9. The molecule has 1 atom stereocenters. The number of carboxylic acid groups (broad SMARTS) is 2. The zero-order valence-electron chi connectivity index (χ0n) is 20.1. The Morgan fingerprint density at radius 2 is 1.59 bits per heavy atom. The van der Waals surface area contributed by atoms with Gasteiger partial charge in [-0.3, -0.25) is 4.72 Å². The first-order chi connectivity index (χ1) is 17.4. The van der Waals surface area contributed by atoms with Crippen LogP contribution in [0.15, 0.2) is 68.4 Å². The summed E-state index contributed by atoms with van der Waals surface area (Å²) in [6.07, 6.45) is 1.75. The summed E-state index contributed by atoms with van der Waals surface area (Å²) < 4.78 is 30.7. The van der Waals surface area contributed by atoms with Crippen molar-refractivity contribution in [1.82, 2.24) is 5.32 Å². The first kappa shape index (κ1) is 28.8. The predicted octanol–water partition coefficient (Wildman–Crippen LogP) is 5.21. The van der Waals surface area contributed by atoms with Crippen molar-refractivity contribution in [3.05, 3.63) is 91.4 Å². The lowest BCUT2D eigenvalue weighted by Crippen LogP contribution is -2.31. The van der Waals surface area contributed by atoms with Crippen LogP contribution >= 0.6 is 31.9 Å². The van der Waals surface area contributed by atoms with Gasteiger partial charge in [0, 0.05) is 15.0 Å². The number of sulfonamides is 1. The monoisotopic (exact) mass is 652 g/mol. The van der Waals surface area contributed by atoms with E-state index in [0.717, 1.165) is 39.5 Å². The highest BCUT2D eigenvalue weighted by Crippen LogP contribution is 2.34. The van der Waals surface area contributed by atoms with Gasteiger partial charge in [0.2, 0.25) is 0 Å². The van der Waals surface area contributed by atoms with Crippen molar-refractivity contribution in [2.24, 2.45) is 0 Å². The minimum Gasteiger partial charge on any atom is -0.473 e. The second-order valence-electron chi connectivity index (χ2n) is 8.54. The third-order valence-electron chi connectivity index (χ3n) is 5.91. The molecule has 1 aliphatic rings. The number of hydrogen-bond donors (Lipinski definition) is 4. The standard InChI is InChI=1S/C24H24Br2N2O2S.C2H2O4/c1-15-10-18-8-9-27-24(13-17-11-21(25)16(2)22(26)12-17)20(18)14-23(15)28-31(29,30)19-6-4-3-5-7-19;3-1(4)2(5)6/h3-7,10-12,14,24,27-28H,8-9,13H2,1-2H3;(H,3,4)(H,5,6). The Morgan fingerprint density at radius 1 is 1.00 bits per heavy atom. The maximum absolute atomic E-state index is 12.9. The second kappa shape index (κ2) is 12.2. The van der Waals surface area contributed by atoms with Gasteiger partial charge in [-0.15, -0.1) is 0 Å². The fourth-order valence-electron chi connectivity index (χ4n) is 3.96. The molecule has 0 aliphatic carbocycles. The molecule has 1 unspecified atom stereocenters. The molecule has 4 N–H and O–H groups in total. The van der Waals surface area contributed by atoms with Crippen LogP contribution in [-0.2, 0) is 32.5 Å². The number of nitrogens with one attached hydrogen (secondary N) is 2. The molecular formula is C26H26Br2N2O6S. The number of aliphatic carboxylic acids is 2. The molecule has 3 aromatic rings. The van der Waals surface area contributed by atoms with Crippen LogP contribution in [0, 0.1) is 13.8 Å². The fourth-order valence-corrected chi connectivity index (χ4v) is 6.39. The summed E-state index contributed by atoms with van der Waals surface area (Å²) in [6, 6.07) is 17.0. The van der Waals surface area contributed by atoms with E-state index in [4.69, 9.17) is 19.8 Å². The normalized spacial score (nSPS) is 14.6. The molecule has 0 spiro atoms. The van der Waals surface area contributed by atoms with E-state index in [9.17, 15) is 8.42 Å². The molecule has 11 heteroatoms. The van der Waals surface area contributed by atoms with Crippen LogP contribution in [0.3, 0.4) is 0 Å². The van der Waals surface area contributed by atoms with E-state index < -0.39 is 22.0 Å². The predicted molar refractivity (Wildman–Crippen MR) is 148 cm³/mol. The summed E-state index contributed by atoms with van der Waals surface area (Å²) in [7, 11) is -3.64. The lowest BCUT2D eigenvalue weighted by Gasteiger charge is -2.29. The van der Waals surface area contributed by atoms with E-state index in [1.165, 1.54) is 16.7 Å². The Labute approximate surface area is 232 Å². The molecule has 0 aromatic heterocycles. The summed E-state index contributed by atoms with van der Waals surface area (Å²) in [5.74, 6) is -3.65. The van der Waals surface area contributed by atoms with Gasteiger partial charge >= 0.3 is 11.9 Å². The minimum absolute atomic E-state index is 0.117. The third kappa shape index (κ3) is 7.41. The van der Waals surface area contributed by atoms with Crippen molar-refractivity contribution in [1.29, 1.82) is 0 Å². The van der Waals surface area contributed by atoms with E-state index in [1.807, 2.05) is 13.0 Å². The van der Waals surface area contributed by atoms with E-state index in [0.29, 0.717) is 5.69 Å². The van der Waals surface area contributed by atoms with Crippen LogP contribution in [0.25, 0.3) is 0 Å². The molecule has 3 aromatic carbocycles. The lowest BCUT2D eigenvalue weighted by atomic mass is 9.88. The molecule has 0 amide bonds. The number of carboxylic acids is 2. The highest BCUT2D eigenvalue weighted by Gasteiger charge is 2.23. The Balaban J connectivity index is 0.000000568. The van der Waals surface area contributed by atoms with Crippen molar-refractivity contribution in [3.8, 4) is 0 Å². The van der Waals surface area contributed by atoms with Gasteiger partial charge in [-0.25, -0.2) is 18.0 Å². The number of anilines is 1. The number of aryl methyl sites for hydroxylation is 1. The van der Waals surface area contributed by atoms with Gasteiger partial charge in [0.25, 0.3) is 10.0 Å². The average molecular weight is 654 g/mol. The van der Waals surface area contributed by atoms with E-state index in [1.54, 1.807) is 30.3 Å². The number of carbonyl (C=O) groups is 2. The maximum Gasteiger partial charge on any atom is 0.414 e. The average Bonchev–Trinajstić information content (AvgIpc) is 2.84. The summed E-state index contributed by atoms with van der Waals surface area (Å²) in [5.41, 5.74) is 6.36. The largest absolute Gasteiger partial charge is 0.473 e. The fraction of sp³-hybridized carbons (Fsp3) is 0.231. The van der Waals surface area contributed by atoms with Gasteiger partial charge in [-0.1, -0.05) is 56.1 Å². The Bertz CT molecular complexity index is 1390. The molecule has 0 saturated carbocycles. The molecule has 0 bridgehead atoms. The topological polar surface area (TPSA) is 133 Å². The zero-order chi connectivity index (χ0) is 27.3. The molecule has 4 rings (SSSR count). The van der Waals surface area contributed by atoms with Crippen molar-refractivity contribution in [2.45, 2.75) is 37.6 Å². The van der Waals surface area contributed by atoms with Gasteiger partial charge in [-0.05, 0) is 91.4 Å². The third-order valence-corrected chi connectivity index (χ3v) is 8.94. The molecule has 37 heavy (non-hydrogen) atoms. The molecule has 8 nitrogen and oxygen atoms in total. The number of hydrogen-bond acceptors (Lipinski definition) is 5. The van der Waals surface area contributed by atoms with Crippen molar-refractivity contribution in [2.75, 3.05) is 11.3 Å². The van der Waals surface area contributed by atoms with Crippen molar-refractivity contribution >= 4 is 59.5 Å². The highest BCUT2D eigenvalue weighted by atomic mass is 79.9. The van der Waals surface area contributed by atoms with E-state index in [2.05, 4.69) is 67.0 Å². The smallest absolute Gasteiger partial charge is 0.414 e. The van der Waals surface area contributed by atoms with Gasteiger partial charge in [-0.2, -0.15) is 0 Å². The van der Waals surface area contributed by atoms with Crippen molar-refractivity contribution in [3.63, 3.8) is 0 Å². The van der Waals surface area contributed by atoms with E-state index >= 15 is 0 Å². The van der Waals surface area contributed by atoms with Gasteiger partial charge in [0.1, 0.15) is 0 Å². The van der Waals surface area contributed by atoms with Crippen LogP contribution in [0.1, 0.15) is 33.9 Å². The molecule has 0 fully saturated rings. The van der Waals surface area contributed by atoms with Crippen LogP contribution in [0.5, 0.6) is 0 Å². The van der Waals surface area contributed by atoms with E-state index in [-0.39, 0.29) is 10.9 Å². The summed E-state index contributed by atoms with van der Waals surface area (Å²) in [6.45, 7) is 4.93. The van der Waals surface area contributed by atoms with Crippen LogP contribution in [0.2, 0.25) is 0 Å². The molecule has 1 heterocycles. The lowest BCUT2D eigenvalue weighted by molar-refractivity contribution is -0.159. The zero-order valence-corrected chi connectivity index (χ0v) is 24.1. The number of fused-ring (bicyclic) bond motifs is 1. The van der Waals surface area contributed by atoms with Gasteiger partial charge in [0.05, 0.1) is 10.6 Å². The summed E-state index contributed by atoms with van der Waals surface area (Å²) >= 11 is 7.29. The first-order valence-electron chi connectivity index (χ1n) is 11.2. The minimum atomic E-state index is -3.64. The Morgan fingerprint density at radius 3 is 2.16 bits per heavy atom. The SMILES string of the molecule is Cc1cc2c(cc1NS(=O)(=O)c1ccccc1)C(Cc1cc(Br)c(C)c(Br)c1)NCC2.O=C(O)C(=O)O. The highest BCUT2D eigenvalue weighted by molar-refractivity contribution is 9.11. The molecule has 0 radical (unpaired) electrons. The van der Waals surface area contributed by atoms with Crippen LogP contribution in [0.4, 0.5) is 5.69 Å². The number of benzene rings is 3. The molecule has 1 aliphatic heterocycles. The van der Waals surface area contributed by atoms with Gasteiger partial charge < -0.3 is 15.5 Å². The first-order valence-corrected chi connectivity index (χ1v) is 14.3. The van der Waals surface area contributed by atoms with Crippen LogP contribution in [-0.4, -0.2) is 37.1 Å². The summed E-state index contributed by atoms with van der Waals surface area (Å²) in [5, 5.41) is 18.4. The number of halogens is 2.